The molecule has 3 rings (SSSR count). The van der Waals surface area contributed by atoms with E-state index in [1.54, 1.807) is 6.07 Å². The lowest BCUT2D eigenvalue weighted by molar-refractivity contribution is -0.242. The fourth-order valence-corrected chi connectivity index (χ4v) is 5.05. The highest BCUT2D eigenvalue weighted by molar-refractivity contribution is 7.91. The monoisotopic (exact) mass is 504 g/mol. The Kier molecular flexibility index (Phi) is 6.90. The second-order valence-corrected chi connectivity index (χ2v) is 10.0. The molecule has 2 atom stereocenters. The van der Waals surface area contributed by atoms with Gasteiger partial charge in [-0.15, -0.1) is 0 Å². The zero-order valence-electron chi connectivity index (χ0n) is 17.2. The fraction of sp³-hybridized carbons (Fsp3) is 0.333. The summed E-state index contributed by atoms with van der Waals surface area (Å²) in [6.07, 6.45) is -3.87. The van der Waals surface area contributed by atoms with Crippen LogP contribution in [-0.2, 0) is 14.6 Å². The van der Waals surface area contributed by atoms with Crippen molar-refractivity contribution in [3.63, 3.8) is 0 Å². The third-order valence-electron chi connectivity index (χ3n) is 5.31. The maximum absolute atomic E-state index is 13.2. The van der Waals surface area contributed by atoms with E-state index >= 15 is 0 Å². The quantitative estimate of drug-likeness (QED) is 0.520. The summed E-state index contributed by atoms with van der Waals surface area (Å²) in [6, 6.07) is 8.18. The predicted octanol–water partition coefficient (Wildman–Crippen LogP) is 3.36. The van der Waals surface area contributed by atoms with E-state index in [2.05, 4.69) is 5.32 Å². The predicted molar refractivity (Wildman–Crippen MR) is 114 cm³/mol. The largest absolute Gasteiger partial charge is 0.426 e. The number of halogens is 4. The van der Waals surface area contributed by atoms with Gasteiger partial charge in [0.25, 0.3) is 5.91 Å². The van der Waals surface area contributed by atoms with Gasteiger partial charge < -0.3 is 15.7 Å². The molecule has 7 nitrogen and oxygen atoms in total. The maximum Gasteiger partial charge on any atom is 0.426 e. The molecule has 2 aromatic carbocycles. The Morgan fingerprint density at radius 3 is 2.42 bits per heavy atom. The van der Waals surface area contributed by atoms with Gasteiger partial charge in [0.1, 0.15) is 0 Å². The van der Waals surface area contributed by atoms with E-state index < -0.39 is 33.6 Å². The number of carbonyl (C=O) groups excluding carboxylic acids is 2. The summed E-state index contributed by atoms with van der Waals surface area (Å²) in [5.41, 5.74) is -4.01. The Morgan fingerprint density at radius 2 is 1.85 bits per heavy atom. The molecule has 0 saturated carbocycles. The normalized spacial score (nSPS) is 18.5. The molecule has 33 heavy (non-hydrogen) atoms. The lowest BCUT2D eigenvalue weighted by atomic mass is 10.0. The van der Waals surface area contributed by atoms with Gasteiger partial charge in [-0.1, -0.05) is 29.8 Å². The molecule has 0 spiro atoms. The molecule has 2 aromatic rings. The van der Waals surface area contributed by atoms with Gasteiger partial charge in [-0.2, -0.15) is 13.2 Å². The van der Waals surface area contributed by atoms with E-state index in [1.165, 1.54) is 18.2 Å². The second kappa shape index (κ2) is 9.05. The second-order valence-electron chi connectivity index (χ2n) is 7.68. The van der Waals surface area contributed by atoms with E-state index in [0.29, 0.717) is 13.0 Å². The summed E-state index contributed by atoms with van der Waals surface area (Å²) in [6.45, 7) is 0.928. The van der Waals surface area contributed by atoms with Gasteiger partial charge in [0.05, 0.1) is 26.5 Å². The van der Waals surface area contributed by atoms with Gasteiger partial charge in [0, 0.05) is 5.56 Å². The van der Waals surface area contributed by atoms with Crippen LogP contribution >= 0.6 is 11.6 Å². The maximum atomic E-state index is 13.2. The number of hydrogen-bond acceptors (Lipinski definition) is 6. The zero-order chi connectivity index (χ0) is 24.6. The number of rotatable bonds is 6. The summed E-state index contributed by atoms with van der Waals surface area (Å²) in [4.78, 5) is 24.2. The first-order valence-electron chi connectivity index (χ1n) is 9.78. The van der Waals surface area contributed by atoms with Crippen LogP contribution in [0.5, 0.6) is 0 Å². The van der Waals surface area contributed by atoms with Gasteiger partial charge >= 0.3 is 6.18 Å². The summed E-state index contributed by atoms with van der Waals surface area (Å²) in [5, 5.41) is 14.0. The van der Waals surface area contributed by atoms with Crippen molar-refractivity contribution in [1.82, 2.24) is 5.32 Å². The van der Waals surface area contributed by atoms with Crippen molar-refractivity contribution >= 4 is 38.8 Å². The van der Waals surface area contributed by atoms with Crippen molar-refractivity contribution in [2.75, 3.05) is 11.9 Å². The van der Waals surface area contributed by atoms with E-state index in [9.17, 15) is 36.3 Å². The first-order valence-corrected chi connectivity index (χ1v) is 11.6. The smallest absolute Gasteiger partial charge is 0.373 e. The van der Waals surface area contributed by atoms with Crippen LogP contribution in [0.4, 0.5) is 18.9 Å². The Labute approximate surface area is 192 Å². The average Bonchev–Trinajstić information content (AvgIpc) is 3.28. The lowest BCUT2D eigenvalue weighted by Gasteiger charge is -2.25. The molecule has 12 heteroatoms. The Bertz CT molecular complexity index is 1190. The molecule has 0 aromatic heterocycles. The van der Waals surface area contributed by atoms with Gasteiger partial charge in [0.15, 0.2) is 5.78 Å². The van der Waals surface area contributed by atoms with Gasteiger partial charge in [-0.25, -0.2) is 8.42 Å². The van der Waals surface area contributed by atoms with Crippen molar-refractivity contribution in [3.8, 4) is 0 Å². The minimum Gasteiger partial charge on any atom is -0.373 e. The molecule has 1 amide bonds. The molecule has 0 bridgehead atoms. The van der Waals surface area contributed by atoms with Crippen molar-refractivity contribution < 1.29 is 36.3 Å². The number of ketones is 1. The van der Waals surface area contributed by atoms with Crippen LogP contribution in [0.25, 0.3) is 0 Å². The number of anilines is 1. The van der Waals surface area contributed by atoms with Gasteiger partial charge in [-0.3, -0.25) is 9.59 Å². The van der Waals surface area contributed by atoms with Crippen LogP contribution in [0.15, 0.2) is 52.3 Å². The third-order valence-corrected chi connectivity index (χ3v) is 7.43. The number of Topliss-reactive ketones (excluding diaryl/α,β-unsaturated/α-hetero) is 1. The van der Waals surface area contributed by atoms with Gasteiger partial charge in [0.2, 0.25) is 15.4 Å². The van der Waals surface area contributed by atoms with Crippen LogP contribution in [0.3, 0.4) is 0 Å². The van der Waals surface area contributed by atoms with Crippen molar-refractivity contribution in [3.05, 3.63) is 53.1 Å². The minimum absolute atomic E-state index is 0.00614. The molecule has 178 valence electrons. The summed E-state index contributed by atoms with van der Waals surface area (Å²) < 4.78 is 65.1. The van der Waals surface area contributed by atoms with Crippen LogP contribution in [0.1, 0.15) is 30.1 Å². The van der Waals surface area contributed by atoms with Crippen LogP contribution in [-0.4, -0.2) is 49.6 Å². The SMILES string of the molecule is C[C@@](O)(C(=O)Nc1ccc(S(=O)(=O)c2ccccc2C(=O)C2CCCN2)cc1Cl)C(F)(F)F. The first-order chi connectivity index (χ1) is 15.3. The molecule has 0 aliphatic carbocycles. The van der Waals surface area contributed by atoms with Crippen LogP contribution in [0, 0.1) is 0 Å². The molecule has 1 aliphatic heterocycles. The molecule has 3 N–H and O–H groups in total. The first kappa shape index (κ1) is 25.2. The molecular weight excluding hydrogens is 485 g/mol. The Morgan fingerprint density at radius 1 is 1.18 bits per heavy atom. The van der Waals surface area contributed by atoms with Crippen LogP contribution < -0.4 is 10.6 Å². The number of alkyl halides is 3. The number of aliphatic hydroxyl groups is 1. The van der Waals surface area contributed by atoms with E-state index in [-0.39, 0.29) is 38.8 Å². The lowest BCUT2D eigenvalue weighted by Crippen LogP contribution is -2.52. The van der Waals surface area contributed by atoms with Crippen molar-refractivity contribution in [2.45, 2.75) is 47.4 Å². The topological polar surface area (TPSA) is 113 Å². The van der Waals surface area contributed by atoms with E-state index in [1.807, 2.05) is 5.32 Å². The highest BCUT2D eigenvalue weighted by Crippen LogP contribution is 2.34. The summed E-state index contributed by atoms with van der Waals surface area (Å²) >= 11 is 6.02. The van der Waals surface area contributed by atoms with E-state index in [4.69, 9.17) is 11.6 Å². The highest BCUT2D eigenvalue weighted by Gasteiger charge is 2.55. The summed E-state index contributed by atoms with van der Waals surface area (Å²) in [5.74, 6) is -2.15. The molecule has 1 saturated heterocycles. The third kappa shape index (κ3) is 4.91. The van der Waals surface area contributed by atoms with Crippen LogP contribution in [0.2, 0.25) is 5.02 Å². The molecule has 1 heterocycles. The molecule has 1 unspecified atom stereocenters. The standard InChI is InChI=1S/C21H20ClF3N2O5S/c1-20(30,21(23,24)25)19(29)27-15-9-8-12(11-14(15)22)33(31,32)17-7-3-2-5-13(17)18(28)16-6-4-10-26-16/h2-3,5,7-9,11,16,26,30H,4,6,10H2,1H3,(H,27,29)/t16?,20-/m1/s1. The number of amides is 1. The number of carbonyl (C=O) groups is 2. The number of nitrogens with one attached hydrogen (secondary N) is 2. The Hall–Kier alpha value is -2.47. The fourth-order valence-electron chi connectivity index (χ4n) is 3.26. The molecule has 1 aliphatic rings. The highest BCUT2D eigenvalue weighted by atomic mass is 35.5. The van der Waals surface area contributed by atoms with Crippen molar-refractivity contribution in [2.24, 2.45) is 0 Å². The Balaban J connectivity index is 1.93. The van der Waals surface area contributed by atoms with E-state index in [0.717, 1.165) is 24.6 Å². The summed E-state index contributed by atoms with van der Waals surface area (Å²) in [7, 11) is -4.24. The minimum atomic E-state index is -5.24. The molecule has 1 fully saturated rings. The molecular formula is C21H20ClF3N2O5S. The molecule has 0 radical (unpaired) electrons. The zero-order valence-corrected chi connectivity index (χ0v) is 18.8. The average molecular weight is 505 g/mol. The number of benzene rings is 2. The van der Waals surface area contributed by atoms with Gasteiger partial charge in [-0.05, 0) is 50.6 Å². The number of hydrogen-bond donors (Lipinski definition) is 3. The van der Waals surface area contributed by atoms with Crippen molar-refractivity contribution in [1.29, 1.82) is 0 Å². The number of sulfone groups is 1.